The average Bonchev–Trinajstić information content (AvgIpc) is 2.85. The maximum atomic E-state index is 4.32. The number of pyridine rings is 1. The van der Waals surface area contributed by atoms with Crippen LogP contribution in [0.4, 0.5) is 0 Å². The zero-order chi connectivity index (χ0) is 12.8. The van der Waals surface area contributed by atoms with Crippen molar-refractivity contribution in [3.63, 3.8) is 0 Å². The summed E-state index contributed by atoms with van der Waals surface area (Å²) in [6.45, 7) is 2.22. The fourth-order valence-corrected chi connectivity index (χ4v) is 4.01. The maximum Gasteiger partial charge on any atom is 0.0449 e. The van der Waals surface area contributed by atoms with Crippen LogP contribution in [0.1, 0.15) is 12.5 Å². The first-order chi connectivity index (χ1) is 9.38. The topological polar surface area (TPSA) is 12.9 Å². The SMILES string of the molecule is CCc1cc2c3ccccc3sc2c2cnccc12. The second kappa shape index (κ2) is 4.04. The van der Waals surface area contributed by atoms with Crippen molar-refractivity contribution in [1.29, 1.82) is 0 Å². The third kappa shape index (κ3) is 1.50. The molecule has 0 radical (unpaired) electrons. The van der Waals surface area contributed by atoms with Crippen molar-refractivity contribution in [2.45, 2.75) is 13.3 Å². The quantitative estimate of drug-likeness (QED) is 0.462. The summed E-state index contributed by atoms with van der Waals surface area (Å²) in [7, 11) is 0. The number of hydrogen-bond acceptors (Lipinski definition) is 2. The highest BCUT2D eigenvalue weighted by atomic mass is 32.1. The standard InChI is InChI=1S/C17H13NS/c1-2-11-9-14-13-5-3-4-6-16(13)19-17(14)15-10-18-8-7-12(11)15/h3-10H,2H2,1H3. The van der Waals surface area contributed by atoms with Crippen LogP contribution >= 0.6 is 11.3 Å². The Morgan fingerprint density at radius 1 is 1.00 bits per heavy atom. The lowest BCUT2D eigenvalue weighted by Crippen LogP contribution is -1.85. The number of benzene rings is 2. The number of nitrogens with zero attached hydrogens (tertiary/aromatic N) is 1. The summed E-state index contributed by atoms with van der Waals surface area (Å²) < 4.78 is 2.72. The van der Waals surface area contributed by atoms with Gasteiger partial charge in [-0.05, 0) is 35.6 Å². The molecule has 0 saturated carbocycles. The van der Waals surface area contributed by atoms with Crippen LogP contribution in [-0.4, -0.2) is 4.98 Å². The molecule has 4 rings (SSSR count). The molecule has 0 unspecified atom stereocenters. The minimum absolute atomic E-state index is 1.06. The highest BCUT2D eigenvalue weighted by Crippen LogP contribution is 2.39. The Morgan fingerprint density at radius 2 is 1.89 bits per heavy atom. The molecule has 0 amide bonds. The Bertz CT molecular complexity index is 905. The highest BCUT2D eigenvalue weighted by molar-refractivity contribution is 7.26. The molecule has 4 aromatic rings. The lowest BCUT2D eigenvalue weighted by molar-refractivity contribution is 1.16. The van der Waals surface area contributed by atoms with Gasteiger partial charge in [-0.2, -0.15) is 0 Å². The van der Waals surface area contributed by atoms with Crippen LogP contribution in [0.15, 0.2) is 48.8 Å². The van der Waals surface area contributed by atoms with Crippen LogP contribution in [0.2, 0.25) is 0 Å². The molecular weight excluding hydrogens is 250 g/mol. The van der Waals surface area contributed by atoms with Crippen LogP contribution in [0.3, 0.4) is 0 Å². The maximum absolute atomic E-state index is 4.32. The molecule has 2 aromatic carbocycles. The van der Waals surface area contributed by atoms with E-state index >= 15 is 0 Å². The van der Waals surface area contributed by atoms with E-state index in [-0.39, 0.29) is 0 Å². The molecule has 0 saturated heterocycles. The van der Waals surface area contributed by atoms with E-state index < -0.39 is 0 Å². The van der Waals surface area contributed by atoms with E-state index in [1.165, 1.54) is 36.5 Å². The first kappa shape index (κ1) is 10.9. The Kier molecular flexibility index (Phi) is 2.32. The van der Waals surface area contributed by atoms with Gasteiger partial charge in [-0.3, -0.25) is 4.98 Å². The summed E-state index contributed by atoms with van der Waals surface area (Å²) >= 11 is 1.87. The predicted octanol–water partition coefficient (Wildman–Crippen LogP) is 5.17. The zero-order valence-corrected chi connectivity index (χ0v) is 11.5. The second-order valence-corrected chi connectivity index (χ2v) is 5.84. The molecule has 19 heavy (non-hydrogen) atoms. The fraction of sp³-hybridized carbons (Fsp3) is 0.118. The van der Waals surface area contributed by atoms with Gasteiger partial charge < -0.3 is 0 Å². The molecule has 0 atom stereocenters. The number of rotatable bonds is 1. The lowest BCUT2D eigenvalue weighted by Gasteiger charge is -2.05. The minimum Gasteiger partial charge on any atom is -0.264 e. The molecule has 0 aliphatic rings. The van der Waals surface area contributed by atoms with Crippen molar-refractivity contribution in [1.82, 2.24) is 4.98 Å². The lowest BCUT2D eigenvalue weighted by atomic mass is 10.0. The van der Waals surface area contributed by atoms with E-state index in [1.807, 2.05) is 23.7 Å². The summed E-state index contributed by atoms with van der Waals surface area (Å²) in [6.07, 6.45) is 4.95. The van der Waals surface area contributed by atoms with E-state index in [2.05, 4.69) is 48.3 Å². The van der Waals surface area contributed by atoms with Crippen molar-refractivity contribution in [2.75, 3.05) is 0 Å². The van der Waals surface area contributed by atoms with Gasteiger partial charge in [0.1, 0.15) is 0 Å². The van der Waals surface area contributed by atoms with Crippen LogP contribution in [0.25, 0.3) is 30.9 Å². The van der Waals surface area contributed by atoms with Gasteiger partial charge in [0.05, 0.1) is 0 Å². The molecule has 1 nitrogen and oxygen atoms in total. The van der Waals surface area contributed by atoms with Crippen molar-refractivity contribution in [3.8, 4) is 0 Å². The van der Waals surface area contributed by atoms with Crippen LogP contribution in [0.5, 0.6) is 0 Å². The van der Waals surface area contributed by atoms with E-state index in [0.29, 0.717) is 0 Å². The summed E-state index contributed by atoms with van der Waals surface area (Å²) in [6, 6.07) is 13.1. The van der Waals surface area contributed by atoms with Gasteiger partial charge in [-0.25, -0.2) is 0 Å². The van der Waals surface area contributed by atoms with Gasteiger partial charge in [0.15, 0.2) is 0 Å². The average molecular weight is 263 g/mol. The van der Waals surface area contributed by atoms with Crippen molar-refractivity contribution in [2.24, 2.45) is 0 Å². The van der Waals surface area contributed by atoms with E-state index in [9.17, 15) is 0 Å². The molecule has 0 N–H and O–H groups in total. The van der Waals surface area contributed by atoms with E-state index in [0.717, 1.165) is 6.42 Å². The van der Waals surface area contributed by atoms with E-state index in [4.69, 9.17) is 0 Å². The number of hydrogen-bond donors (Lipinski definition) is 0. The molecule has 0 bridgehead atoms. The fourth-order valence-electron chi connectivity index (χ4n) is 2.81. The largest absolute Gasteiger partial charge is 0.264 e. The molecule has 2 heteroatoms. The Morgan fingerprint density at radius 3 is 2.79 bits per heavy atom. The molecular formula is C17H13NS. The number of aromatic nitrogens is 1. The zero-order valence-electron chi connectivity index (χ0n) is 10.7. The first-order valence-electron chi connectivity index (χ1n) is 6.55. The number of aryl methyl sites for hydroxylation is 1. The smallest absolute Gasteiger partial charge is 0.0449 e. The van der Waals surface area contributed by atoms with Crippen molar-refractivity contribution < 1.29 is 0 Å². The monoisotopic (exact) mass is 263 g/mol. The van der Waals surface area contributed by atoms with Crippen LogP contribution in [0, 0.1) is 0 Å². The first-order valence-corrected chi connectivity index (χ1v) is 7.37. The van der Waals surface area contributed by atoms with Gasteiger partial charge >= 0.3 is 0 Å². The minimum atomic E-state index is 1.06. The van der Waals surface area contributed by atoms with Crippen molar-refractivity contribution >= 4 is 42.3 Å². The van der Waals surface area contributed by atoms with Crippen LogP contribution in [-0.2, 0) is 6.42 Å². The van der Waals surface area contributed by atoms with Crippen LogP contribution < -0.4 is 0 Å². The summed E-state index contributed by atoms with van der Waals surface area (Å²) in [5, 5.41) is 5.37. The molecule has 0 aliphatic heterocycles. The molecule has 2 heterocycles. The molecule has 0 aliphatic carbocycles. The highest BCUT2D eigenvalue weighted by Gasteiger charge is 2.10. The summed E-state index contributed by atoms with van der Waals surface area (Å²) in [5.41, 5.74) is 1.41. The Balaban J connectivity index is 2.32. The summed E-state index contributed by atoms with van der Waals surface area (Å²) in [4.78, 5) is 4.32. The van der Waals surface area contributed by atoms with Gasteiger partial charge in [-0.15, -0.1) is 11.3 Å². The third-order valence-corrected chi connectivity index (χ3v) is 4.96. The second-order valence-electron chi connectivity index (χ2n) is 4.79. The van der Waals surface area contributed by atoms with Gasteiger partial charge in [0.2, 0.25) is 0 Å². The Labute approximate surface area is 115 Å². The van der Waals surface area contributed by atoms with Gasteiger partial charge in [0, 0.05) is 38.0 Å². The Hall–Kier alpha value is -1.93. The number of thiophene rings is 1. The third-order valence-electron chi connectivity index (χ3n) is 3.74. The van der Waals surface area contributed by atoms with E-state index in [1.54, 1.807) is 0 Å². The van der Waals surface area contributed by atoms with Crippen molar-refractivity contribution in [3.05, 3.63) is 54.4 Å². The molecule has 0 spiro atoms. The summed E-state index contributed by atoms with van der Waals surface area (Å²) in [5.74, 6) is 0. The normalized spacial score (nSPS) is 11.6. The molecule has 92 valence electrons. The van der Waals surface area contributed by atoms with Gasteiger partial charge in [0.25, 0.3) is 0 Å². The number of fused-ring (bicyclic) bond motifs is 5. The molecule has 0 fully saturated rings. The predicted molar refractivity (Wildman–Crippen MR) is 84.0 cm³/mol. The molecule has 2 aromatic heterocycles. The van der Waals surface area contributed by atoms with Gasteiger partial charge in [-0.1, -0.05) is 25.1 Å².